The minimum absolute atomic E-state index is 0.00884. The first kappa shape index (κ1) is 23.3. The lowest BCUT2D eigenvalue weighted by Crippen LogP contribution is -2.42. The maximum atomic E-state index is 12.6. The van der Waals surface area contributed by atoms with Crippen LogP contribution in [0.15, 0.2) is 53.5 Å². The fourth-order valence-electron chi connectivity index (χ4n) is 3.13. The summed E-state index contributed by atoms with van der Waals surface area (Å²) in [6.45, 7) is 0. The number of nitrogens with zero attached hydrogens (tertiary/aromatic N) is 2. The van der Waals surface area contributed by atoms with Crippen molar-refractivity contribution >= 4 is 35.1 Å². The molecular formula is C22H19Cl2N3O5. The van der Waals surface area contributed by atoms with E-state index in [0.717, 1.165) is 0 Å². The molecule has 0 fully saturated rings. The summed E-state index contributed by atoms with van der Waals surface area (Å²) in [6, 6.07) is 10.1. The molecular weight excluding hydrogens is 457 g/mol. The zero-order valence-corrected chi connectivity index (χ0v) is 18.6. The van der Waals surface area contributed by atoms with Crippen molar-refractivity contribution in [3.63, 3.8) is 0 Å². The van der Waals surface area contributed by atoms with Gasteiger partial charge >= 0.3 is 5.97 Å². The Kier molecular flexibility index (Phi) is 7.17. The van der Waals surface area contributed by atoms with Crippen molar-refractivity contribution < 1.29 is 19.4 Å². The lowest BCUT2D eigenvalue weighted by Gasteiger charge is -2.16. The largest absolute Gasteiger partial charge is 0.494 e. The molecule has 166 valence electrons. The van der Waals surface area contributed by atoms with Crippen molar-refractivity contribution in [3.05, 3.63) is 80.2 Å². The summed E-state index contributed by atoms with van der Waals surface area (Å²) >= 11 is 12.1. The van der Waals surface area contributed by atoms with Crippen molar-refractivity contribution in [2.24, 2.45) is 7.05 Å². The monoisotopic (exact) mass is 475 g/mol. The van der Waals surface area contributed by atoms with Gasteiger partial charge in [-0.3, -0.25) is 9.59 Å². The lowest BCUT2D eigenvalue weighted by molar-refractivity contribution is -0.139. The van der Waals surface area contributed by atoms with E-state index >= 15 is 0 Å². The predicted molar refractivity (Wildman–Crippen MR) is 121 cm³/mol. The van der Waals surface area contributed by atoms with Crippen LogP contribution in [0.3, 0.4) is 0 Å². The number of ether oxygens (including phenoxy) is 1. The smallest absolute Gasteiger partial charge is 0.326 e. The van der Waals surface area contributed by atoms with Gasteiger partial charge in [0.25, 0.3) is 11.5 Å². The molecule has 32 heavy (non-hydrogen) atoms. The van der Waals surface area contributed by atoms with Gasteiger partial charge in [0, 0.05) is 13.5 Å². The standard InChI is InChI=1S/C22H19Cl2N3O5/c1-27-21(29)18(17(32-2)11-25-27)13-8-6-12(7-9-13)10-16(22(30)31)26-20(28)19-14(23)4-3-5-15(19)24/h3-9,11,16H,10H2,1-2H3,(H,26,28)(H,30,31)/t16-/m1/s1. The normalized spacial score (nSPS) is 11.6. The molecule has 0 aliphatic rings. The summed E-state index contributed by atoms with van der Waals surface area (Å²) in [5.41, 5.74) is 1.25. The molecule has 1 aromatic heterocycles. The summed E-state index contributed by atoms with van der Waals surface area (Å²) in [4.78, 5) is 36.8. The maximum Gasteiger partial charge on any atom is 0.326 e. The fraction of sp³-hybridized carbons (Fsp3) is 0.182. The average molecular weight is 476 g/mol. The summed E-state index contributed by atoms with van der Waals surface area (Å²) in [5, 5.41) is 16.2. The van der Waals surface area contributed by atoms with Crippen LogP contribution in [0.2, 0.25) is 10.0 Å². The summed E-state index contributed by atoms with van der Waals surface area (Å²) in [6.07, 6.45) is 1.45. The first-order valence-electron chi connectivity index (χ1n) is 9.40. The third-order valence-corrected chi connectivity index (χ3v) is 5.43. The third-order valence-electron chi connectivity index (χ3n) is 4.80. The van der Waals surface area contributed by atoms with E-state index in [4.69, 9.17) is 27.9 Å². The molecule has 1 atom stereocenters. The van der Waals surface area contributed by atoms with E-state index in [1.54, 1.807) is 30.3 Å². The van der Waals surface area contributed by atoms with E-state index in [1.807, 2.05) is 0 Å². The summed E-state index contributed by atoms with van der Waals surface area (Å²) < 4.78 is 6.44. The van der Waals surface area contributed by atoms with Gasteiger partial charge in [-0.15, -0.1) is 0 Å². The van der Waals surface area contributed by atoms with Crippen LogP contribution in [-0.2, 0) is 18.3 Å². The SMILES string of the molecule is COc1cnn(C)c(=O)c1-c1ccc(C[C@@H](NC(=O)c2c(Cl)cccc2Cl)C(=O)O)cc1. The third kappa shape index (κ3) is 4.92. The summed E-state index contributed by atoms with van der Waals surface area (Å²) in [5.74, 6) is -1.57. The molecule has 1 heterocycles. The molecule has 3 rings (SSSR count). The van der Waals surface area contributed by atoms with Crippen molar-refractivity contribution in [1.29, 1.82) is 0 Å². The number of aliphatic carboxylic acids is 1. The molecule has 0 aliphatic carbocycles. The Bertz CT molecular complexity index is 1200. The van der Waals surface area contributed by atoms with Gasteiger partial charge < -0.3 is 15.2 Å². The van der Waals surface area contributed by atoms with E-state index in [-0.39, 0.29) is 27.6 Å². The van der Waals surface area contributed by atoms with Crippen LogP contribution in [0.1, 0.15) is 15.9 Å². The second kappa shape index (κ2) is 9.84. The van der Waals surface area contributed by atoms with Crippen molar-refractivity contribution in [2.75, 3.05) is 7.11 Å². The Labute approximate surface area is 193 Å². The molecule has 0 saturated carbocycles. The average Bonchev–Trinajstić information content (AvgIpc) is 2.75. The van der Waals surface area contributed by atoms with Gasteiger partial charge in [-0.1, -0.05) is 53.5 Å². The Balaban J connectivity index is 1.83. The Morgan fingerprint density at radius 3 is 2.34 bits per heavy atom. The molecule has 2 N–H and O–H groups in total. The second-order valence-corrected chi connectivity index (χ2v) is 7.69. The fourth-order valence-corrected chi connectivity index (χ4v) is 3.70. The quantitative estimate of drug-likeness (QED) is 0.542. The number of carboxylic acids is 1. The number of nitrogens with one attached hydrogen (secondary N) is 1. The number of carbonyl (C=O) groups is 2. The maximum absolute atomic E-state index is 12.6. The minimum atomic E-state index is -1.22. The number of halogens is 2. The highest BCUT2D eigenvalue weighted by molar-refractivity contribution is 6.39. The highest BCUT2D eigenvalue weighted by Gasteiger charge is 2.24. The number of methoxy groups -OCH3 is 1. The molecule has 10 heteroatoms. The van der Waals surface area contributed by atoms with Crippen molar-refractivity contribution in [2.45, 2.75) is 12.5 Å². The van der Waals surface area contributed by atoms with Crippen molar-refractivity contribution in [3.8, 4) is 16.9 Å². The first-order valence-corrected chi connectivity index (χ1v) is 10.2. The van der Waals surface area contributed by atoms with Crippen LogP contribution in [0.5, 0.6) is 5.75 Å². The van der Waals surface area contributed by atoms with Crippen LogP contribution in [-0.4, -0.2) is 39.9 Å². The van der Waals surface area contributed by atoms with Gasteiger partial charge in [-0.2, -0.15) is 5.10 Å². The predicted octanol–water partition coefficient (Wildman–Crippen LogP) is 3.19. The molecule has 0 aliphatic heterocycles. The van der Waals surface area contributed by atoms with Crippen LogP contribution >= 0.6 is 23.2 Å². The van der Waals surface area contributed by atoms with Gasteiger partial charge in [0.2, 0.25) is 0 Å². The zero-order chi connectivity index (χ0) is 23.4. The number of hydrogen-bond donors (Lipinski definition) is 2. The number of amides is 1. The van der Waals surface area contributed by atoms with Gasteiger partial charge in [0.15, 0.2) is 5.75 Å². The van der Waals surface area contributed by atoms with E-state index < -0.39 is 17.9 Å². The highest BCUT2D eigenvalue weighted by Crippen LogP contribution is 2.26. The van der Waals surface area contributed by atoms with Gasteiger partial charge in [0.05, 0.1) is 34.5 Å². The number of benzene rings is 2. The van der Waals surface area contributed by atoms with Gasteiger partial charge in [-0.05, 0) is 23.3 Å². The van der Waals surface area contributed by atoms with E-state index in [9.17, 15) is 19.5 Å². The Hall–Kier alpha value is -3.36. The molecule has 0 saturated heterocycles. The first-order chi connectivity index (χ1) is 15.2. The molecule has 0 spiro atoms. The van der Waals surface area contributed by atoms with Crippen LogP contribution in [0.4, 0.5) is 0 Å². The number of carboxylic acid groups (broad SMARTS) is 1. The van der Waals surface area contributed by atoms with Gasteiger partial charge in [-0.25, -0.2) is 9.48 Å². The minimum Gasteiger partial charge on any atom is -0.494 e. The highest BCUT2D eigenvalue weighted by atomic mass is 35.5. The molecule has 1 amide bonds. The van der Waals surface area contributed by atoms with E-state index in [1.165, 1.54) is 37.2 Å². The molecule has 2 aromatic carbocycles. The number of aromatic nitrogens is 2. The second-order valence-electron chi connectivity index (χ2n) is 6.88. The summed E-state index contributed by atoms with van der Waals surface area (Å²) in [7, 11) is 2.98. The molecule has 3 aromatic rings. The molecule has 0 unspecified atom stereocenters. The topological polar surface area (TPSA) is 111 Å². The Morgan fingerprint density at radius 1 is 1.16 bits per heavy atom. The lowest BCUT2D eigenvalue weighted by atomic mass is 10.0. The van der Waals surface area contributed by atoms with E-state index in [0.29, 0.717) is 22.4 Å². The number of hydrogen-bond acceptors (Lipinski definition) is 5. The van der Waals surface area contributed by atoms with Crippen molar-refractivity contribution in [1.82, 2.24) is 15.1 Å². The Morgan fingerprint density at radius 2 is 1.78 bits per heavy atom. The molecule has 0 radical (unpaired) electrons. The van der Waals surface area contributed by atoms with Crippen LogP contribution in [0, 0.1) is 0 Å². The van der Waals surface area contributed by atoms with Crippen LogP contribution in [0.25, 0.3) is 11.1 Å². The molecule has 0 bridgehead atoms. The van der Waals surface area contributed by atoms with Gasteiger partial charge in [0.1, 0.15) is 6.04 Å². The number of rotatable bonds is 7. The number of carbonyl (C=O) groups excluding carboxylic acids is 1. The number of aryl methyl sites for hydroxylation is 1. The molecule has 8 nitrogen and oxygen atoms in total. The zero-order valence-electron chi connectivity index (χ0n) is 17.1. The van der Waals surface area contributed by atoms with E-state index in [2.05, 4.69) is 10.4 Å². The van der Waals surface area contributed by atoms with Crippen LogP contribution < -0.4 is 15.6 Å².